The van der Waals surface area contributed by atoms with E-state index in [1.807, 2.05) is 26.0 Å². The number of hydrogen-bond donors (Lipinski definition) is 1. The van der Waals surface area contributed by atoms with Crippen molar-refractivity contribution in [2.75, 3.05) is 0 Å². The van der Waals surface area contributed by atoms with Crippen molar-refractivity contribution >= 4 is 34.8 Å². The number of halogens is 2. The Bertz CT molecular complexity index is 871. The smallest absolute Gasteiger partial charge is 0.270 e. The summed E-state index contributed by atoms with van der Waals surface area (Å²) >= 11 is 11.9. The van der Waals surface area contributed by atoms with Crippen LogP contribution in [-0.2, 0) is 0 Å². The molecule has 0 aliphatic carbocycles. The van der Waals surface area contributed by atoms with E-state index in [0.29, 0.717) is 27.1 Å². The van der Waals surface area contributed by atoms with Gasteiger partial charge in [0, 0.05) is 11.2 Å². The number of rotatable bonds is 3. The third-order valence-corrected chi connectivity index (χ3v) is 4.16. The van der Waals surface area contributed by atoms with E-state index >= 15 is 0 Å². The zero-order valence-electron chi connectivity index (χ0n) is 12.7. The molecular weight excluding hydrogens is 333 g/mol. The van der Waals surface area contributed by atoms with Crippen molar-refractivity contribution in [1.29, 1.82) is 0 Å². The molecule has 1 unspecified atom stereocenters. The van der Waals surface area contributed by atoms with Gasteiger partial charge in [0.25, 0.3) is 5.91 Å². The molecule has 6 heteroatoms. The standard InChI is InChI=1S/C17H15Cl2N3O/c1-10(12-3-5-13(18)6-4-12)21-17(23)16-11(2)20-15-8-7-14(19)9-22(15)16/h3-10H,1-2H3,(H,21,23). The molecule has 3 rings (SSSR count). The lowest BCUT2D eigenvalue weighted by molar-refractivity contribution is 0.0933. The molecule has 118 valence electrons. The number of nitrogens with zero attached hydrogens (tertiary/aromatic N) is 2. The van der Waals surface area contributed by atoms with Crippen LogP contribution in [0.2, 0.25) is 10.0 Å². The average molecular weight is 348 g/mol. The van der Waals surface area contributed by atoms with E-state index in [4.69, 9.17) is 23.2 Å². The van der Waals surface area contributed by atoms with Gasteiger partial charge in [-0.2, -0.15) is 0 Å². The summed E-state index contributed by atoms with van der Waals surface area (Å²) in [7, 11) is 0. The molecular formula is C17H15Cl2N3O. The fourth-order valence-corrected chi connectivity index (χ4v) is 2.80. The normalized spacial score (nSPS) is 12.3. The number of nitrogens with one attached hydrogen (secondary N) is 1. The summed E-state index contributed by atoms with van der Waals surface area (Å²) in [6.45, 7) is 3.73. The molecule has 23 heavy (non-hydrogen) atoms. The van der Waals surface area contributed by atoms with Crippen LogP contribution in [0.1, 0.15) is 34.7 Å². The van der Waals surface area contributed by atoms with Crippen LogP contribution >= 0.6 is 23.2 Å². The molecule has 0 spiro atoms. The van der Waals surface area contributed by atoms with Gasteiger partial charge in [-0.05, 0) is 43.7 Å². The van der Waals surface area contributed by atoms with Crippen LogP contribution in [0.25, 0.3) is 5.65 Å². The van der Waals surface area contributed by atoms with Gasteiger partial charge in [0.15, 0.2) is 0 Å². The van der Waals surface area contributed by atoms with Crippen molar-refractivity contribution in [2.24, 2.45) is 0 Å². The molecule has 1 aromatic carbocycles. The number of amides is 1. The molecule has 0 aliphatic heterocycles. The van der Waals surface area contributed by atoms with Gasteiger partial charge in [0.05, 0.1) is 16.8 Å². The Morgan fingerprint density at radius 1 is 1.13 bits per heavy atom. The van der Waals surface area contributed by atoms with Gasteiger partial charge >= 0.3 is 0 Å². The predicted octanol–water partition coefficient (Wildman–Crippen LogP) is 4.44. The maximum Gasteiger partial charge on any atom is 0.270 e. The van der Waals surface area contributed by atoms with Crippen LogP contribution in [0.4, 0.5) is 0 Å². The highest BCUT2D eigenvalue weighted by molar-refractivity contribution is 6.30. The summed E-state index contributed by atoms with van der Waals surface area (Å²) in [5.74, 6) is -0.195. The second-order valence-corrected chi connectivity index (χ2v) is 6.24. The maximum absolute atomic E-state index is 12.7. The van der Waals surface area contributed by atoms with Gasteiger partial charge in [0.2, 0.25) is 0 Å². The second-order valence-electron chi connectivity index (χ2n) is 5.37. The number of aromatic nitrogens is 2. The van der Waals surface area contributed by atoms with Gasteiger partial charge < -0.3 is 5.32 Å². The summed E-state index contributed by atoms with van der Waals surface area (Å²) in [6, 6.07) is 10.8. The number of fused-ring (bicyclic) bond motifs is 1. The van der Waals surface area contributed by atoms with E-state index in [1.54, 1.807) is 34.9 Å². The Labute approximate surface area is 144 Å². The molecule has 0 aliphatic rings. The first-order chi connectivity index (χ1) is 11.0. The Morgan fingerprint density at radius 2 is 1.78 bits per heavy atom. The van der Waals surface area contributed by atoms with Crippen LogP contribution in [-0.4, -0.2) is 15.3 Å². The highest BCUT2D eigenvalue weighted by atomic mass is 35.5. The van der Waals surface area contributed by atoms with E-state index in [1.165, 1.54) is 0 Å². The minimum atomic E-state index is -0.195. The zero-order valence-corrected chi connectivity index (χ0v) is 14.2. The quantitative estimate of drug-likeness (QED) is 0.761. The number of carbonyl (C=O) groups is 1. The third-order valence-electron chi connectivity index (χ3n) is 3.69. The summed E-state index contributed by atoms with van der Waals surface area (Å²) in [6.07, 6.45) is 1.69. The van der Waals surface area contributed by atoms with Gasteiger partial charge in [0.1, 0.15) is 11.3 Å². The Kier molecular flexibility index (Phi) is 4.28. The summed E-state index contributed by atoms with van der Waals surface area (Å²) < 4.78 is 1.71. The average Bonchev–Trinajstić information content (AvgIpc) is 2.83. The van der Waals surface area contributed by atoms with Crippen LogP contribution in [0.5, 0.6) is 0 Å². The van der Waals surface area contributed by atoms with Crippen LogP contribution in [0, 0.1) is 6.92 Å². The number of hydrogen-bond acceptors (Lipinski definition) is 2. The first kappa shape index (κ1) is 15.8. The van der Waals surface area contributed by atoms with Gasteiger partial charge in [-0.1, -0.05) is 35.3 Å². The fourth-order valence-electron chi connectivity index (χ4n) is 2.51. The topological polar surface area (TPSA) is 46.4 Å². The minimum absolute atomic E-state index is 0.149. The lowest BCUT2D eigenvalue weighted by Gasteiger charge is -2.14. The second kappa shape index (κ2) is 6.22. The molecule has 0 saturated heterocycles. The van der Waals surface area contributed by atoms with Crippen molar-refractivity contribution < 1.29 is 4.79 Å². The predicted molar refractivity (Wildman–Crippen MR) is 92.3 cm³/mol. The fraction of sp³-hybridized carbons (Fsp3) is 0.176. The SMILES string of the molecule is Cc1nc2ccc(Cl)cn2c1C(=O)NC(C)c1ccc(Cl)cc1. The van der Waals surface area contributed by atoms with Crippen LogP contribution in [0.15, 0.2) is 42.6 Å². The summed E-state index contributed by atoms with van der Waals surface area (Å²) in [5, 5.41) is 4.20. The molecule has 1 amide bonds. The molecule has 3 aromatic rings. The van der Waals surface area contributed by atoms with Gasteiger partial charge in [-0.25, -0.2) is 4.98 Å². The van der Waals surface area contributed by atoms with E-state index in [-0.39, 0.29) is 11.9 Å². The Balaban J connectivity index is 1.90. The van der Waals surface area contributed by atoms with Crippen molar-refractivity contribution in [1.82, 2.24) is 14.7 Å². The first-order valence-corrected chi connectivity index (χ1v) is 7.92. The minimum Gasteiger partial charge on any atom is -0.344 e. The monoisotopic (exact) mass is 347 g/mol. The van der Waals surface area contributed by atoms with E-state index in [9.17, 15) is 4.79 Å². The highest BCUT2D eigenvalue weighted by Crippen LogP contribution is 2.19. The van der Waals surface area contributed by atoms with E-state index in [2.05, 4.69) is 10.3 Å². The van der Waals surface area contributed by atoms with E-state index in [0.717, 1.165) is 5.56 Å². The lowest BCUT2D eigenvalue weighted by Crippen LogP contribution is -2.28. The van der Waals surface area contributed by atoms with Crippen LogP contribution in [0.3, 0.4) is 0 Å². The van der Waals surface area contributed by atoms with E-state index < -0.39 is 0 Å². The lowest BCUT2D eigenvalue weighted by atomic mass is 10.1. The van der Waals surface area contributed by atoms with Crippen molar-refractivity contribution in [3.05, 3.63) is 69.6 Å². The number of pyridine rings is 1. The van der Waals surface area contributed by atoms with Crippen LogP contribution < -0.4 is 5.32 Å². The molecule has 2 heterocycles. The number of benzene rings is 1. The molecule has 1 atom stereocenters. The number of carbonyl (C=O) groups excluding carboxylic acids is 1. The number of aryl methyl sites for hydroxylation is 1. The molecule has 0 radical (unpaired) electrons. The zero-order chi connectivity index (χ0) is 16.6. The molecule has 0 fully saturated rings. The molecule has 0 saturated carbocycles. The summed E-state index contributed by atoms with van der Waals surface area (Å²) in [4.78, 5) is 17.1. The largest absolute Gasteiger partial charge is 0.344 e. The molecule has 0 bridgehead atoms. The Hall–Kier alpha value is -2.04. The van der Waals surface area contributed by atoms with Gasteiger partial charge in [-0.15, -0.1) is 0 Å². The summed E-state index contributed by atoms with van der Waals surface area (Å²) in [5.41, 5.74) is 2.82. The van der Waals surface area contributed by atoms with Crippen molar-refractivity contribution in [2.45, 2.75) is 19.9 Å². The maximum atomic E-state index is 12.7. The van der Waals surface area contributed by atoms with Crippen molar-refractivity contribution in [3.8, 4) is 0 Å². The highest BCUT2D eigenvalue weighted by Gasteiger charge is 2.19. The number of imidazole rings is 1. The molecule has 2 aromatic heterocycles. The molecule has 4 nitrogen and oxygen atoms in total. The molecule has 1 N–H and O–H groups in total. The first-order valence-electron chi connectivity index (χ1n) is 7.16. The third kappa shape index (κ3) is 3.19. The Morgan fingerprint density at radius 3 is 2.48 bits per heavy atom. The van der Waals surface area contributed by atoms with Crippen molar-refractivity contribution in [3.63, 3.8) is 0 Å². The van der Waals surface area contributed by atoms with Gasteiger partial charge in [-0.3, -0.25) is 9.20 Å².